The smallest absolute Gasteiger partial charge is 0.306 e. The molecular formula is C16H16ClNO3. The van der Waals surface area contributed by atoms with E-state index < -0.39 is 0 Å². The van der Waals surface area contributed by atoms with Crippen molar-refractivity contribution < 1.29 is 14.3 Å². The van der Waals surface area contributed by atoms with E-state index in [2.05, 4.69) is 4.98 Å². The van der Waals surface area contributed by atoms with Crippen molar-refractivity contribution in [2.75, 3.05) is 6.61 Å². The van der Waals surface area contributed by atoms with Crippen LogP contribution in [0.3, 0.4) is 0 Å². The van der Waals surface area contributed by atoms with Crippen molar-refractivity contribution in [1.82, 2.24) is 4.98 Å². The van der Waals surface area contributed by atoms with Crippen molar-refractivity contribution in [2.45, 2.75) is 26.7 Å². The number of ether oxygens (including phenoxy) is 1. The predicted molar refractivity (Wildman–Crippen MR) is 81.7 cm³/mol. The van der Waals surface area contributed by atoms with Gasteiger partial charge < -0.3 is 4.74 Å². The average molecular weight is 306 g/mol. The van der Waals surface area contributed by atoms with Gasteiger partial charge in [0, 0.05) is 18.0 Å². The summed E-state index contributed by atoms with van der Waals surface area (Å²) in [4.78, 5) is 28.0. The molecule has 0 unspecified atom stereocenters. The van der Waals surface area contributed by atoms with Crippen molar-refractivity contribution >= 4 is 34.3 Å². The highest BCUT2D eigenvalue weighted by atomic mass is 35.5. The normalized spacial score (nSPS) is 10.6. The van der Waals surface area contributed by atoms with Crippen molar-refractivity contribution in [2.24, 2.45) is 0 Å². The highest BCUT2D eigenvalue weighted by molar-refractivity contribution is 6.35. The van der Waals surface area contributed by atoms with Crippen LogP contribution in [0.2, 0.25) is 5.02 Å². The number of halogens is 1. The lowest BCUT2D eigenvalue weighted by molar-refractivity contribution is -0.143. The molecule has 5 heteroatoms. The van der Waals surface area contributed by atoms with E-state index in [4.69, 9.17) is 16.3 Å². The summed E-state index contributed by atoms with van der Waals surface area (Å²) in [6, 6.07) is 5.46. The minimum Gasteiger partial charge on any atom is -0.466 e. The summed E-state index contributed by atoms with van der Waals surface area (Å²) in [7, 11) is 0. The standard InChI is InChI=1S/C16H16ClNO3/c1-3-21-14(20)7-6-13(19)15-12(17)5-4-11-8-10(2)9-18-16(11)15/h4-5,8-9H,3,6-7H2,1-2H3. The van der Waals surface area contributed by atoms with Gasteiger partial charge in [0.05, 0.1) is 29.1 Å². The SMILES string of the molecule is CCOC(=O)CCC(=O)c1c(Cl)ccc2cc(C)cnc12. The lowest BCUT2D eigenvalue weighted by Gasteiger charge is -2.08. The molecule has 1 aromatic heterocycles. The Bertz CT molecular complexity index is 697. The number of carbonyl (C=O) groups excluding carboxylic acids is 2. The van der Waals surface area contributed by atoms with Crippen molar-refractivity contribution in [3.8, 4) is 0 Å². The maximum absolute atomic E-state index is 12.3. The molecule has 0 bridgehead atoms. The van der Waals surface area contributed by atoms with E-state index >= 15 is 0 Å². The summed E-state index contributed by atoms with van der Waals surface area (Å²) >= 11 is 6.14. The molecule has 0 atom stereocenters. The quantitative estimate of drug-likeness (QED) is 0.624. The molecule has 0 saturated heterocycles. The van der Waals surface area contributed by atoms with Gasteiger partial charge in [-0.2, -0.15) is 0 Å². The zero-order valence-corrected chi connectivity index (χ0v) is 12.7. The molecule has 21 heavy (non-hydrogen) atoms. The molecule has 0 spiro atoms. The predicted octanol–water partition coefficient (Wildman–Crippen LogP) is 3.72. The maximum atomic E-state index is 12.3. The number of carbonyl (C=O) groups is 2. The van der Waals surface area contributed by atoms with E-state index in [1.807, 2.05) is 19.1 Å². The molecule has 0 radical (unpaired) electrons. The molecule has 0 amide bonds. The van der Waals surface area contributed by atoms with E-state index in [0.717, 1.165) is 10.9 Å². The number of pyridine rings is 1. The van der Waals surface area contributed by atoms with Gasteiger partial charge in [0.25, 0.3) is 0 Å². The van der Waals surface area contributed by atoms with Crippen LogP contribution in [-0.4, -0.2) is 23.3 Å². The fourth-order valence-corrected chi connectivity index (χ4v) is 2.38. The Hall–Kier alpha value is -1.94. The molecule has 1 aromatic carbocycles. The second kappa shape index (κ2) is 6.68. The number of aryl methyl sites for hydroxylation is 1. The minimum absolute atomic E-state index is 0.0469. The van der Waals surface area contributed by atoms with Crippen LogP contribution >= 0.6 is 11.6 Å². The van der Waals surface area contributed by atoms with Crippen LogP contribution in [0.4, 0.5) is 0 Å². The summed E-state index contributed by atoms with van der Waals surface area (Å²) in [5.41, 5.74) is 1.95. The van der Waals surface area contributed by atoms with Crippen LogP contribution in [-0.2, 0) is 9.53 Å². The third kappa shape index (κ3) is 3.58. The Morgan fingerprint density at radius 2 is 2.05 bits per heavy atom. The van der Waals surface area contributed by atoms with Gasteiger partial charge in [0.15, 0.2) is 5.78 Å². The first-order valence-electron chi connectivity index (χ1n) is 6.76. The van der Waals surface area contributed by atoms with Crippen molar-refractivity contribution in [1.29, 1.82) is 0 Å². The maximum Gasteiger partial charge on any atom is 0.306 e. The van der Waals surface area contributed by atoms with Gasteiger partial charge in [0.1, 0.15) is 0 Å². The zero-order chi connectivity index (χ0) is 15.4. The lowest BCUT2D eigenvalue weighted by Crippen LogP contribution is -2.09. The number of Topliss-reactive ketones (excluding diaryl/α,β-unsaturated/α-hetero) is 1. The molecule has 2 rings (SSSR count). The van der Waals surface area contributed by atoms with Crippen LogP contribution in [0.15, 0.2) is 24.4 Å². The summed E-state index contributed by atoms with van der Waals surface area (Å²) in [5, 5.41) is 1.21. The van der Waals surface area contributed by atoms with Crippen LogP contribution in [0, 0.1) is 6.92 Å². The van der Waals surface area contributed by atoms with Gasteiger partial charge in [-0.25, -0.2) is 0 Å². The van der Waals surface area contributed by atoms with E-state index in [1.165, 1.54) is 0 Å². The largest absolute Gasteiger partial charge is 0.466 e. The van der Waals surface area contributed by atoms with Gasteiger partial charge in [0.2, 0.25) is 0 Å². The van der Waals surface area contributed by atoms with E-state index in [-0.39, 0.29) is 24.6 Å². The third-order valence-corrected chi connectivity index (χ3v) is 3.39. The van der Waals surface area contributed by atoms with Gasteiger partial charge in [-0.15, -0.1) is 0 Å². The Morgan fingerprint density at radius 1 is 1.29 bits per heavy atom. The number of benzene rings is 1. The van der Waals surface area contributed by atoms with E-state index in [0.29, 0.717) is 22.7 Å². The highest BCUT2D eigenvalue weighted by Crippen LogP contribution is 2.26. The molecule has 0 fully saturated rings. The molecule has 4 nitrogen and oxygen atoms in total. The van der Waals surface area contributed by atoms with E-state index in [1.54, 1.807) is 19.2 Å². The number of aromatic nitrogens is 1. The number of esters is 1. The topological polar surface area (TPSA) is 56.3 Å². The Morgan fingerprint density at radius 3 is 2.76 bits per heavy atom. The van der Waals surface area contributed by atoms with Crippen LogP contribution in [0.5, 0.6) is 0 Å². The van der Waals surface area contributed by atoms with Crippen LogP contribution < -0.4 is 0 Å². The molecule has 0 saturated carbocycles. The Balaban J connectivity index is 2.30. The first kappa shape index (κ1) is 15.4. The second-order valence-electron chi connectivity index (χ2n) is 4.73. The number of hydrogen-bond donors (Lipinski definition) is 0. The van der Waals surface area contributed by atoms with Gasteiger partial charge in [-0.1, -0.05) is 17.7 Å². The Labute approximate surface area is 128 Å². The van der Waals surface area contributed by atoms with Crippen molar-refractivity contribution in [3.05, 3.63) is 40.5 Å². The summed E-state index contributed by atoms with van der Waals surface area (Å²) in [6.45, 7) is 3.97. The molecule has 1 heterocycles. The lowest BCUT2D eigenvalue weighted by atomic mass is 10.0. The third-order valence-electron chi connectivity index (χ3n) is 3.08. The number of ketones is 1. The first-order chi connectivity index (χ1) is 10.0. The molecule has 0 aliphatic rings. The fourth-order valence-electron chi connectivity index (χ4n) is 2.13. The van der Waals surface area contributed by atoms with E-state index in [9.17, 15) is 9.59 Å². The fraction of sp³-hybridized carbons (Fsp3) is 0.312. The monoisotopic (exact) mass is 305 g/mol. The van der Waals surface area contributed by atoms with Gasteiger partial charge in [-0.3, -0.25) is 14.6 Å². The summed E-state index contributed by atoms with van der Waals surface area (Å²) in [5.74, 6) is -0.582. The minimum atomic E-state index is -0.383. The number of hydrogen-bond acceptors (Lipinski definition) is 4. The number of rotatable bonds is 5. The van der Waals surface area contributed by atoms with Gasteiger partial charge >= 0.3 is 5.97 Å². The molecule has 110 valence electrons. The second-order valence-corrected chi connectivity index (χ2v) is 5.14. The van der Waals surface area contributed by atoms with Crippen LogP contribution in [0.25, 0.3) is 10.9 Å². The van der Waals surface area contributed by atoms with Crippen molar-refractivity contribution in [3.63, 3.8) is 0 Å². The molecular weight excluding hydrogens is 290 g/mol. The highest BCUT2D eigenvalue weighted by Gasteiger charge is 2.17. The van der Waals surface area contributed by atoms with Crippen LogP contribution in [0.1, 0.15) is 35.7 Å². The number of nitrogens with zero attached hydrogens (tertiary/aromatic N) is 1. The molecule has 0 N–H and O–H groups in total. The molecule has 2 aromatic rings. The zero-order valence-electron chi connectivity index (χ0n) is 12.0. The molecule has 0 aliphatic carbocycles. The summed E-state index contributed by atoms with van der Waals surface area (Å²) < 4.78 is 4.82. The summed E-state index contributed by atoms with van der Waals surface area (Å²) in [6.07, 6.45) is 1.80. The Kier molecular flexibility index (Phi) is 4.91. The number of fused-ring (bicyclic) bond motifs is 1. The van der Waals surface area contributed by atoms with Gasteiger partial charge in [-0.05, 0) is 31.5 Å². The average Bonchev–Trinajstić information content (AvgIpc) is 2.45. The first-order valence-corrected chi connectivity index (χ1v) is 7.14. The molecule has 0 aliphatic heterocycles.